The molecule has 10 nitrogen and oxygen atoms in total. The first kappa shape index (κ1) is 23.2. The van der Waals surface area contributed by atoms with E-state index < -0.39 is 21.2 Å². The zero-order valence-corrected chi connectivity index (χ0v) is 19.6. The Morgan fingerprint density at radius 1 is 1.18 bits per heavy atom. The highest BCUT2D eigenvalue weighted by Crippen LogP contribution is 2.31. The number of nitrogens with one attached hydrogen (secondary N) is 1. The molecular formula is C21H22N4O6S2. The molecule has 0 atom stereocenters. The van der Waals surface area contributed by atoms with E-state index in [2.05, 4.69) is 15.3 Å². The number of ether oxygens (including phenoxy) is 2. The lowest BCUT2D eigenvalue weighted by Crippen LogP contribution is -2.41. The molecule has 2 aliphatic rings. The van der Waals surface area contributed by atoms with Gasteiger partial charge in [-0.15, -0.1) is 0 Å². The van der Waals surface area contributed by atoms with E-state index in [4.69, 9.17) is 9.47 Å². The lowest BCUT2D eigenvalue weighted by atomic mass is 10.1. The molecule has 2 amide bonds. The summed E-state index contributed by atoms with van der Waals surface area (Å²) in [6.45, 7) is 2.59. The van der Waals surface area contributed by atoms with Crippen LogP contribution in [0, 0.1) is 6.92 Å². The summed E-state index contributed by atoms with van der Waals surface area (Å²) in [6.07, 6.45) is 5.15. The van der Waals surface area contributed by atoms with E-state index in [1.165, 1.54) is 16.9 Å². The van der Waals surface area contributed by atoms with Crippen LogP contribution in [0.3, 0.4) is 0 Å². The van der Waals surface area contributed by atoms with Crippen molar-refractivity contribution in [3.63, 3.8) is 0 Å². The number of carbonyl (C=O) groups excluding carboxylic acids is 2. The largest absolute Gasteiger partial charge is 0.474 e. The number of benzene rings is 1. The van der Waals surface area contributed by atoms with Crippen molar-refractivity contribution < 1.29 is 27.5 Å². The lowest BCUT2D eigenvalue weighted by molar-refractivity contribution is -0.115. The highest BCUT2D eigenvalue weighted by molar-refractivity contribution is 8.18. The Hall–Kier alpha value is -2.96. The van der Waals surface area contributed by atoms with E-state index in [1.807, 2.05) is 0 Å². The average Bonchev–Trinajstić information content (AvgIpc) is 3.07. The van der Waals surface area contributed by atoms with E-state index in [0.717, 1.165) is 11.8 Å². The Balaban J connectivity index is 1.45. The monoisotopic (exact) mass is 490 g/mol. The molecule has 4 rings (SSSR count). The maximum atomic E-state index is 11.8. The van der Waals surface area contributed by atoms with Crippen molar-refractivity contribution in [3.8, 4) is 17.5 Å². The number of hydrogen-bond acceptors (Lipinski definition) is 9. The molecule has 0 saturated carbocycles. The van der Waals surface area contributed by atoms with Crippen LogP contribution >= 0.6 is 11.8 Å². The van der Waals surface area contributed by atoms with Crippen molar-refractivity contribution in [2.75, 3.05) is 19.3 Å². The van der Waals surface area contributed by atoms with Gasteiger partial charge in [0.2, 0.25) is 21.8 Å². The van der Waals surface area contributed by atoms with Crippen LogP contribution in [0.4, 0.5) is 4.79 Å². The zero-order valence-electron chi connectivity index (χ0n) is 18.0. The molecule has 12 heteroatoms. The van der Waals surface area contributed by atoms with Gasteiger partial charge in [-0.25, -0.2) is 22.7 Å². The third-order valence-corrected chi connectivity index (χ3v) is 7.27. The second-order valence-electron chi connectivity index (χ2n) is 7.62. The number of nitrogens with zero attached hydrogens (tertiary/aromatic N) is 3. The summed E-state index contributed by atoms with van der Waals surface area (Å²) in [7, 11) is -3.20. The molecule has 2 aliphatic heterocycles. The molecule has 3 heterocycles. The lowest BCUT2D eigenvalue weighted by Gasteiger charge is -2.30. The number of rotatable bonds is 6. The van der Waals surface area contributed by atoms with Crippen LogP contribution in [0.25, 0.3) is 6.08 Å². The maximum absolute atomic E-state index is 11.8. The minimum Gasteiger partial charge on any atom is -0.474 e. The van der Waals surface area contributed by atoms with Crippen molar-refractivity contribution in [1.29, 1.82) is 0 Å². The van der Waals surface area contributed by atoms with Gasteiger partial charge in [0.25, 0.3) is 11.1 Å². The number of aromatic nitrogens is 2. The summed E-state index contributed by atoms with van der Waals surface area (Å²) < 4.78 is 36.8. The van der Waals surface area contributed by atoms with E-state index in [9.17, 15) is 18.0 Å². The molecule has 2 fully saturated rings. The normalized spacial score (nSPS) is 19.0. The molecule has 0 spiro atoms. The summed E-state index contributed by atoms with van der Waals surface area (Å²) in [5.41, 5.74) is 1.31. The molecule has 1 N–H and O–H groups in total. The van der Waals surface area contributed by atoms with E-state index in [1.54, 1.807) is 37.3 Å². The summed E-state index contributed by atoms with van der Waals surface area (Å²) in [5.74, 6) is 0.774. The number of sulfonamides is 1. The fourth-order valence-electron chi connectivity index (χ4n) is 3.43. The Morgan fingerprint density at radius 2 is 1.91 bits per heavy atom. The van der Waals surface area contributed by atoms with Gasteiger partial charge in [-0.05, 0) is 55.3 Å². The van der Waals surface area contributed by atoms with Crippen molar-refractivity contribution in [2.24, 2.45) is 0 Å². The van der Waals surface area contributed by atoms with Gasteiger partial charge in [-0.3, -0.25) is 14.9 Å². The standard InChI is InChI=1S/C21H22N4O6S2/c1-13-19(30-15-6-8-25(9-7-15)33(2,28)29)22-12-23-20(13)31-16-5-3-4-14(10-16)11-17-18(26)24-21(27)32-17/h3-5,10-12,15H,6-9H2,1-2H3,(H,24,26,27). The predicted octanol–water partition coefficient (Wildman–Crippen LogP) is 2.70. The van der Waals surface area contributed by atoms with E-state index in [0.29, 0.717) is 59.5 Å². The summed E-state index contributed by atoms with van der Waals surface area (Å²) in [6, 6.07) is 7.04. The van der Waals surface area contributed by atoms with Crippen molar-refractivity contribution in [2.45, 2.75) is 25.9 Å². The van der Waals surface area contributed by atoms with Crippen LogP contribution in [-0.2, 0) is 14.8 Å². The smallest absolute Gasteiger partial charge is 0.290 e. The average molecular weight is 491 g/mol. The first-order chi connectivity index (χ1) is 15.7. The molecular weight excluding hydrogens is 468 g/mol. The number of imide groups is 1. The van der Waals surface area contributed by atoms with E-state index >= 15 is 0 Å². The fourth-order valence-corrected chi connectivity index (χ4v) is 4.99. The molecule has 174 valence electrons. The Kier molecular flexibility index (Phi) is 6.68. The summed E-state index contributed by atoms with van der Waals surface area (Å²) in [5, 5.41) is 1.82. The van der Waals surface area contributed by atoms with Crippen molar-refractivity contribution in [1.82, 2.24) is 19.6 Å². The Labute approximate surface area is 195 Å². The molecule has 2 saturated heterocycles. The minimum absolute atomic E-state index is 0.155. The molecule has 0 bridgehead atoms. The second-order valence-corrected chi connectivity index (χ2v) is 10.6. The SMILES string of the molecule is Cc1c(Oc2cccc(C=C3SC(=O)NC3=O)c2)ncnc1OC1CCN(S(C)(=O)=O)CC1. The Bertz CT molecular complexity index is 1220. The number of carbonyl (C=O) groups is 2. The topological polar surface area (TPSA) is 128 Å². The van der Waals surface area contributed by atoms with Gasteiger partial charge in [0, 0.05) is 13.1 Å². The zero-order chi connectivity index (χ0) is 23.6. The molecule has 1 aromatic carbocycles. The van der Waals surface area contributed by atoms with Gasteiger partial charge in [-0.1, -0.05) is 12.1 Å². The van der Waals surface area contributed by atoms with Crippen LogP contribution in [0.1, 0.15) is 24.0 Å². The van der Waals surface area contributed by atoms with Crippen LogP contribution in [0.15, 0.2) is 35.5 Å². The number of amides is 2. The molecule has 0 radical (unpaired) electrons. The van der Waals surface area contributed by atoms with Crippen LogP contribution < -0.4 is 14.8 Å². The minimum atomic E-state index is -3.20. The molecule has 1 aromatic heterocycles. The molecule has 33 heavy (non-hydrogen) atoms. The highest BCUT2D eigenvalue weighted by Gasteiger charge is 2.27. The maximum Gasteiger partial charge on any atom is 0.290 e. The van der Waals surface area contributed by atoms with Gasteiger partial charge < -0.3 is 9.47 Å². The third-order valence-electron chi connectivity index (χ3n) is 5.15. The first-order valence-corrected chi connectivity index (χ1v) is 12.8. The van der Waals surface area contributed by atoms with Crippen LogP contribution in [0.5, 0.6) is 17.5 Å². The Morgan fingerprint density at radius 3 is 2.58 bits per heavy atom. The van der Waals surface area contributed by atoms with Crippen LogP contribution in [-0.4, -0.2) is 59.3 Å². The second kappa shape index (κ2) is 9.49. The summed E-state index contributed by atoms with van der Waals surface area (Å²) in [4.78, 5) is 31.8. The third kappa shape index (κ3) is 5.70. The molecule has 0 aliphatic carbocycles. The quantitative estimate of drug-likeness (QED) is 0.608. The van der Waals surface area contributed by atoms with Gasteiger partial charge in [0.05, 0.1) is 16.7 Å². The predicted molar refractivity (Wildman–Crippen MR) is 122 cm³/mol. The first-order valence-electron chi connectivity index (χ1n) is 10.2. The number of piperidine rings is 1. The fraction of sp³-hybridized carbons (Fsp3) is 0.333. The van der Waals surface area contributed by atoms with Gasteiger partial charge in [0.15, 0.2) is 0 Å². The highest BCUT2D eigenvalue weighted by atomic mass is 32.2. The molecule has 2 aromatic rings. The van der Waals surface area contributed by atoms with Crippen molar-refractivity contribution in [3.05, 3.63) is 46.6 Å². The van der Waals surface area contributed by atoms with Gasteiger partial charge >= 0.3 is 0 Å². The van der Waals surface area contributed by atoms with E-state index in [-0.39, 0.29) is 6.10 Å². The number of thioether (sulfide) groups is 1. The summed E-state index contributed by atoms with van der Waals surface area (Å²) >= 11 is 0.848. The van der Waals surface area contributed by atoms with Gasteiger partial charge in [-0.2, -0.15) is 0 Å². The molecule has 0 unspecified atom stereocenters. The van der Waals surface area contributed by atoms with Crippen LogP contribution in [0.2, 0.25) is 0 Å². The van der Waals surface area contributed by atoms with Gasteiger partial charge in [0.1, 0.15) is 18.2 Å². The number of hydrogen-bond donors (Lipinski definition) is 1. The van der Waals surface area contributed by atoms with Crippen molar-refractivity contribution >= 4 is 39.0 Å².